The van der Waals surface area contributed by atoms with Crippen molar-refractivity contribution in [2.24, 2.45) is 19.1 Å². The summed E-state index contributed by atoms with van der Waals surface area (Å²) in [7, 11) is 2.61. The van der Waals surface area contributed by atoms with Gasteiger partial charge in [-0.2, -0.15) is 13.2 Å². The van der Waals surface area contributed by atoms with E-state index in [0.717, 1.165) is 21.4 Å². The summed E-state index contributed by atoms with van der Waals surface area (Å²) in [5.74, 6) is -2.40. The van der Waals surface area contributed by atoms with Gasteiger partial charge >= 0.3 is 11.9 Å². The van der Waals surface area contributed by atoms with Crippen LogP contribution in [0, 0.1) is 5.82 Å². The number of rotatable bonds is 6. The second-order valence-electron chi connectivity index (χ2n) is 7.35. The third kappa shape index (κ3) is 5.05. The van der Waals surface area contributed by atoms with Gasteiger partial charge in [-0.15, -0.1) is 0 Å². The Bertz CT molecular complexity index is 1470. The van der Waals surface area contributed by atoms with Crippen molar-refractivity contribution in [2.75, 3.05) is 11.1 Å². The molecule has 0 spiro atoms. The molecule has 4 N–H and O–H groups in total. The minimum atomic E-state index is -4.84. The molecule has 0 fully saturated rings. The normalized spacial score (nSPS) is 12.0. The number of carbonyl (C=O) groups excluding carboxylic acids is 1. The van der Waals surface area contributed by atoms with Crippen molar-refractivity contribution in [1.29, 1.82) is 0 Å². The zero-order chi connectivity index (χ0) is 26.1. The van der Waals surface area contributed by atoms with E-state index in [1.807, 2.05) is 0 Å². The largest absolute Gasteiger partial charge is 0.419 e. The molecule has 35 heavy (non-hydrogen) atoms. The SMILES string of the molecule is C=N/C=C(/CC(=O)Nc1nc(-c2ccc(C(F)(F)F)c(F)c2)c[nH]1)c1c(N)n(C)c(=O)n(C)c1=O. The Hall–Kier alpha value is -4.49. The lowest BCUT2D eigenvalue weighted by Crippen LogP contribution is -2.40. The maximum atomic E-state index is 13.9. The number of imidazole rings is 1. The smallest absolute Gasteiger partial charge is 0.384 e. The Morgan fingerprint density at radius 3 is 2.57 bits per heavy atom. The van der Waals surface area contributed by atoms with E-state index in [1.54, 1.807) is 0 Å². The number of aliphatic imine (C=N–C) groups is 1. The number of aromatic nitrogens is 4. The van der Waals surface area contributed by atoms with E-state index in [0.29, 0.717) is 12.1 Å². The molecule has 10 nitrogen and oxygen atoms in total. The lowest BCUT2D eigenvalue weighted by atomic mass is 10.1. The van der Waals surface area contributed by atoms with Crippen LogP contribution in [0.1, 0.15) is 17.5 Å². The molecule has 2 heterocycles. The van der Waals surface area contributed by atoms with Crippen LogP contribution in [0.15, 0.2) is 45.2 Å². The molecule has 0 saturated heterocycles. The summed E-state index contributed by atoms with van der Waals surface area (Å²) in [4.78, 5) is 47.5. The average Bonchev–Trinajstić information content (AvgIpc) is 3.24. The first kappa shape index (κ1) is 25.1. The van der Waals surface area contributed by atoms with E-state index < -0.39 is 41.1 Å². The van der Waals surface area contributed by atoms with Crippen LogP contribution in [0.4, 0.5) is 29.3 Å². The van der Waals surface area contributed by atoms with Gasteiger partial charge in [-0.05, 0) is 24.4 Å². The summed E-state index contributed by atoms with van der Waals surface area (Å²) in [6.07, 6.45) is -2.84. The van der Waals surface area contributed by atoms with Crippen LogP contribution in [0.3, 0.4) is 0 Å². The Balaban J connectivity index is 1.84. The molecule has 0 aliphatic rings. The summed E-state index contributed by atoms with van der Waals surface area (Å²) >= 11 is 0. The van der Waals surface area contributed by atoms with Crippen molar-refractivity contribution in [3.05, 3.63) is 68.4 Å². The highest BCUT2D eigenvalue weighted by Crippen LogP contribution is 2.33. The first-order chi connectivity index (χ1) is 16.3. The Kier molecular flexibility index (Phi) is 6.75. The lowest BCUT2D eigenvalue weighted by Gasteiger charge is -2.13. The second kappa shape index (κ2) is 9.40. The topological polar surface area (TPSA) is 140 Å². The Labute approximate surface area is 194 Å². The summed E-state index contributed by atoms with van der Waals surface area (Å²) < 4.78 is 54.0. The van der Waals surface area contributed by atoms with Crippen LogP contribution in [0.25, 0.3) is 16.8 Å². The van der Waals surface area contributed by atoms with E-state index in [9.17, 15) is 31.9 Å². The lowest BCUT2D eigenvalue weighted by molar-refractivity contribution is -0.140. The summed E-state index contributed by atoms with van der Waals surface area (Å²) in [5.41, 5.74) is 3.20. The molecule has 0 unspecified atom stereocenters. The number of hydrogen-bond donors (Lipinski definition) is 3. The Morgan fingerprint density at radius 1 is 1.29 bits per heavy atom. The van der Waals surface area contributed by atoms with Crippen molar-refractivity contribution in [1.82, 2.24) is 19.1 Å². The molecule has 1 amide bonds. The number of carbonyl (C=O) groups is 1. The zero-order valence-corrected chi connectivity index (χ0v) is 18.4. The van der Waals surface area contributed by atoms with Gasteiger partial charge in [0.1, 0.15) is 11.6 Å². The van der Waals surface area contributed by atoms with Crippen LogP contribution in [0.5, 0.6) is 0 Å². The molecular weight excluding hydrogens is 474 g/mol. The summed E-state index contributed by atoms with van der Waals surface area (Å²) in [6, 6.07) is 2.32. The van der Waals surface area contributed by atoms with Crippen LogP contribution in [-0.2, 0) is 25.1 Å². The molecule has 0 aliphatic heterocycles. The summed E-state index contributed by atoms with van der Waals surface area (Å²) in [5, 5.41) is 2.42. The molecule has 0 saturated carbocycles. The van der Waals surface area contributed by atoms with Gasteiger partial charge < -0.3 is 10.7 Å². The highest BCUT2D eigenvalue weighted by molar-refractivity contribution is 5.97. The number of halogens is 4. The fourth-order valence-corrected chi connectivity index (χ4v) is 3.26. The molecular formula is C21H19F4N7O3. The van der Waals surface area contributed by atoms with E-state index in [4.69, 9.17) is 5.73 Å². The first-order valence-corrected chi connectivity index (χ1v) is 9.78. The first-order valence-electron chi connectivity index (χ1n) is 9.78. The molecule has 184 valence electrons. The van der Waals surface area contributed by atoms with Gasteiger partial charge in [-0.25, -0.2) is 14.2 Å². The maximum Gasteiger partial charge on any atom is 0.419 e. The Morgan fingerprint density at radius 2 is 1.97 bits per heavy atom. The van der Waals surface area contributed by atoms with Crippen molar-refractivity contribution in [3.63, 3.8) is 0 Å². The average molecular weight is 493 g/mol. The number of amides is 1. The van der Waals surface area contributed by atoms with Crippen LogP contribution < -0.4 is 22.3 Å². The van der Waals surface area contributed by atoms with Gasteiger partial charge in [0.2, 0.25) is 11.9 Å². The van der Waals surface area contributed by atoms with Crippen molar-refractivity contribution < 1.29 is 22.4 Å². The zero-order valence-electron chi connectivity index (χ0n) is 18.4. The van der Waals surface area contributed by atoms with Crippen LogP contribution in [-0.4, -0.2) is 31.7 Å². The highest BCUT2D eigenvalue weighted by atomic mass is 19.4. The van der Waals surface area contributed by atoms with Crippen LogP contribution >= 0.6 is 0 Å². The van der Waals surface area contributed by atoms with E-state index in [2.05, 4.69) is 27.0 Å². The number of H-pyrrole nitrogens is 1. The number of hydrogen-bond acceptors (Lipinski definition) is 6. The molecule has 0 atom stereocenters. The molecule has 0 bridgehead atoms. The predicted molar refractivity (Wildman–Crippen MR) is 121 cm³/mol. The third-order valence-electron chi connectivity index (χ3n) is 5.04. The molecule has 0 radical (unpaired) electrons. The fourth-order valence-electron chi connectivity index (χ4n) is 3.26. The molecule has 3 aromatic rings. The number of alkyl halides is 3. The van der Waals surface area contributed by atoms with Crippen molar-refractivity contribution in [2.45, 2.75) is 12.6 Å². The number of benzene rings is 1. The molecule has 3 rings (SSSR count). The molecule has 1 aromatic carbocycles. The highest BCUT2D eigenvalue weighted by Gasteiger charge is 2.34. The maximum absolute atomic E-state index is 13.9. The van der Waals surface area contributed by atoms with Crippen molar-refractivity contribution >= 4 is 30.0 Å². The monoisotopic (exact) mass is 493 g/mol. The number of nitrogens with two attached hydrogens (primary N) is 1. The summed E-state index contributed by atoms with van der Waals surface area (Å²) in [6.45, 7) is 3.31. The van der Waals surface area contributed by atoms with Gasteiger partial charge in [0.25, 0.3) is 5.56 Å². The second-order valence-corrected chi connectivity index (χ2v) is 7.35. The quantitative estimate of drug-likeness (QED) is 0.357. The van der Waals surface area contributed by atoms with Gasteiger partial charge in [0.15, 0.2) is 0 Å². The molecule has 0 aliphatic carbocycles. The predicted octanol–water partition coefficient (Wildman–Crippen LogP) is 2.28. The van der Waals surface area contributed by atoms with Gasteiger partial charge in [-0.1, -0.05) is 6.07 Å². The number of anilines is 2. The van der Waals surface area contributed by atoms with Gasteiger partial charge in [-0.3, -0.25) is 29.0 Å². The van der Waals surface area contributed by atoms with E-state index in [1.165, 1.54) is 20.3 Å². The van der Waals surface area contributed by atoms with Crippen molar-refractivity contribution in [3.8, 4) is 11.3 Å². The third-order valence-corrected chi connectivity index (χ3v) is 5.04. The minimum absolute atomic E-state index is 0.0464. The van der Waals surface area contributed by atoms with Gasteiger partial charge in [0.05, 0.1) is 23.2 Å². The molecule has 14 heteroatoms. The fraction of sp³-hybridized carbons (Fsp3) is 0.190. The number of nitrogen functional groups attached to an aromatic ring is 1. The standard InChI is InChI=1S/C21H19F4N7O3/c1-27-8-11(16-17(26)31(2)20(35)32(3)18(16)34)7-15(33)30-19-28-9-14(29-19)10-4-5-12(13(22)6-10)21(23,24)25/h4-6,8-9H,1,7,26H2,2-3H3,(H2,28,29,30,33)/b11-8-. The number of nitrogens with one attached hydrogen (secondary N) is 2. The van der Waals surface area contributed by atoms with Crippen LogP contribution in [0.2, 0.25) is 0 Å². The molecule has 2 aromatic heterocycles. The van der Waals surface area contributed by atoms with E-state index in [-0.39, 0.29) is 34.2 Å². The number of nitrogens with zero attached hydrogens (tertiary/aromatic N) is 4. The minimum Gasteiger partial charge on any atom is -0.384 e. The number of aromatic amines is 1. The van der Waals surface area contributed by atoms with E-state index >= 15 is 0 Å². The van der Waals surface area contributed by atoms with Gasteiger partial charge in [0, 0.05) is 32.1 Å².